The SMILES string of the molecule is COc1cccc(F)c1CN1C[C@H](NC(=O)c2ccc3[nH]nc(-c4ccnc(C)c4)c3c2)CC[C@H]1C(=O)NOCC1CC1. The number of aromatic amines is 1. The lowest BCUT2D eigenvalue weighted by Crippen LogP contribution is -2.56. The summed E-state index contributed by atoms with van der Waals surface area (Å²) >= 11 is 0. The number of hydrogen-bond acceptors (Lipinski definition) is 7. The number of aryl methyl sites for hydroxylation is 1. The first-order chi connectivity index (χ1) is 20.9. The van der Waals surface area contributed by atoms with E-state index in [0.29, 0.717) is 48.8 Å². The smallest absolute Gasteiger partial charge is 0.260 e. The maximum Gasteiger partial charge on any atom is 0.260 e. The standard InChI is InChI=1S/C32H35FN6O4/c1-19-14-21(12-13-34-19)30-24-15-22(8-10-27(24)36-37-30)31(40)35-23-9-11-28(32(41)38-43-18-20-6-7-20)39(16-23)17-25-26(33)4-3-5-29(25)42-2/h3-5,8,10,12-15,20,23,28H,6-7,9,11,16-18H2,1-2H3,(H,35,40)(H,36,37)(H,38,41)/t23-,28+/m1/s1. The maximum atomic E-state index is 14.9. The number of pyridine rings is 1. The second kappa shape index (κ2) is 12.5. The first-order valence-corrected chi connectivity index (χ1v) is 14.6. The lowest BCUT2D eigenvalue weighted by molar-refractivity contribution is -0.141. The van der Waals surface area contributed by atoms with Gasteiger partial charge in [-0.1, -0.05) is 6.07 Å². The van der Waals surface area contributed by atoms with Crippen LogP contribution in [-0.2, 0) is 16.2 Å². The number of likely N-dealkylation sites (tertiary alicyclic amines) is 1. The molecular weight excluding hydrogens is 551 g/mol. The van der Waals surface area contributed by atoms with Gasteiger partial charge in [-0.3, -0.25) is 29.4 Å². The monoisotopic (exact) mass is 586 g/mol. The molecule has 4 aromatic rings. The highest BCUT2D eigenvalue weighted by atomic mass is 19.1. The number of amides is 2. The topological polar surface area (TPSA) is 121 Å². The summed E-state index contributed by atoms with van der Waals surface area (Å²) in [5.74, 6) is -0.0163. The number of benzene rings is 2. The van der Waals surface area contributed by atoms with E-state index in [-0.39, 0.29) is 24.4 Å². The van der Waals surface area contributed by atoms with Crippen molar-refractivity contribution < 1.29 is 23.6 Å². The molecule has 1 aliphatic heterocycles. The van der Waals surface area contributed by atoms with Gasteiger partial charge in [0.05, 0.1) is 25.3 Å². The van der Waals surface area contributed by atoms with Gasteiger partial charge in [0, 0.05) is 53.1 Å². The van der Waals surface area contributed by atoms with Gasteiger partial charge in [0.15, 0.2) is 0 Å². The van der Waals surface area contributed by atoms with Crippen LogP contribution in [0.3, 0.4) is 0 Å². The van der Waals surface area contributed by atoms with Gasteiger partial charge in [0.25, 0.3) is 11.8 Å². The van der Waals surface area contributed by atoms with Gasteiger partial charge in [-0.15, -0.1) is 0 Å². The van der Waals surface area contributed by atoms with Crippen molar-refractivity contribution >= 4 is 22.7 Å². The number of hydroxylamine groups is 1. The molecule has 2 aliphatic rings. The fourth-order valence-corrected chi connectivity index (χ4v) is 5.64. The van der Waals surface area contributed by atoms with Gasteiger partial charge in [0.2, 0.25) is 0 Å². The summed E-state index contributed by atoms with van der Waals surface area (Å²) in [4.78, 5) is 38.2. The molecule has 3 N–H and O–H groups in total. The van der Waals surface area contributed by atoms with Crippen LogP contribution in [0.4, 0.5) is 4.39 Å². The molecule has 2 aromatic heterocycles. The lowest BCUT2D eigenvalue weighted by atomic mass is 9.96. The minimum absolute atomic E-state index is 0.138. The Labute approximate surface area is 248 Å². The molecule has 0 radical (unpaired) electrons. The molecule has 1 saturated heterocycles. The van der Waals surface area contributed by atoms with Gasteiger partial charge in [-0.2, -0.15) is 5.10 Å². The average Bonchev–Trinajstić information content (AvgIpc) is 3.73. The summed E-state index contributed by atoms with van der Waals surface area (Å²) in [5.41, 5.74) is 6.80. The molecule has 1 saturated carbocycles. The minimum Gasteiger partial charge on any atom is -0.496 e. The fourth-order valence-electron chi connectivity index (χ4n) is 5.64. The maximum absolute atomic E-state index is 14.9. The summed E-state index contributed by atoms with van der Waals surface area (Å²) in [7, 11) is 1.49. The predicted octanol–water partition coefficient (Wildman–Crippen LogP) is 4.30. The van der Waals surface area contributed by atoms with Crippen LogP contribution < -0.4 is 15.5 Å². The Kier molecular flexibility index (Phi) is 8.35. The summed E-state index contributed by atoms with van der Waals surface area (Å²) < 4.78 is 20.3. The van der Waals surface area contributed by atoms with Crippen LogP contribution in [0.1, 0.15) is 47.3 Å². The number of hydrogen-bond donors (Lipinski definition) is 3. The number of halogens is 1. The second-order valence-corrected chi connectivity index (χ2v) is 11.4. The van der Waals surface area contributed by atoms with E-state index in [1.807, 2.05) is 36.1 Å². The highest BCUT2D eigenvalue weighted by Crippen LogP contribution is 2.30. The number of rotatable bonds is 10. The molecule has 3 heterocycles. The average molecular weight is 587 g/mol. The van der Waals surface area contributed by atoms with E-state index in [1.165, 1.54) is 13.2 Å². The van der Waals surface area contributed by atoms with Crippen LogP contribution >= 0.6 is 0 Å². The number of nitrogens with zero attached hydrogens (tertiary/aromatic N) is 3. The van der Waals surface area contributed by atoms with Crippen LogP contribution in [-0.4, -0.2) is 64.2 Å². The molecule has 0 bridgehead atoms. The third-order valence-electron chi connectivity index (χ3n) is 8.16. The molecule has 11 heteroatoms. The molecule has 224 valence electrons. The number of methoxy groups -OCH3 is 1. The van der Waals surface area contributed by atoms with Crippen molar-refractivity contribution in [1.82, 2.24) is 30.9 Å². The fraction of sp³-hybridized carbons (Fsp3) is 0.375. The third-order valence-corrected chi connectivity index (χ3v) is 8.16. The van der Waals surface area contributed by atoms with Crippen molar-refractivity contribution in [2.45, 2.75) is 51.2 Å². The Hall–Kier alpha value is -4.35. The number of nitrogens with one attached hydrogen (secondary N) is 3. The molecule has 2 fully saturated rings. The number of H-pyrrole nitrogens is 1. The molecule has 0 unspecified atom stereocenters. The molecule has 2 atom stereocenters. The van der Waals surface area contributed by atoms with Crippen LogP contribution in [0, 0.1) is 18.7 Å². The number of piperidine rings is 1. The van der Waals surface area contributed by atoms with Crippen molar-refractivity contribution in [3.05, 3.63) is 77.4 Å². The van der Waals surface area contributed by atoms with E-state index in [0.717, 1.165) is 40.7 Å². The molecule has 2 aromatic carbocycles. The quantitative estimate of drug-likeness (QED) is 0.237. The van der Waals surface area contributed by atoms with E-state index in [4.69, 9.17) is 9.57 Å². The Balaban J connectivity index is 1.19. The van der Waals surface area contributed by atoms with Gasteiger partial charge in [-0.25, -0.2) is 9.87 Å². The first-order valence-electron chi connectivity index (χ1n) is 14.6. The van der Waals surface area contributed by atoms with Gasteiger partial charge < -0.3 is 10.1 Å². The van der Waals surface area contributed by atoms with Crippen LogP contribution in [0.25, 0.3) is 22.2 Å². The molecule has 10 nitrogen and oxygen atoms in total. The molecular formula is C32H35FN6O4. The highest BCUT2D eigenvalue weighted by Gasteiger charge is 2.35. The summed E-state index contributed by atoms with van der Waals surface area (Å²) in [6.45, 7) is 2.89. The van der Waals surface area contributed by atoms with E-state index in [9.17, 15) is 14.0 Å². The Morgan fingerprint density at radius 1 is 1.12 bits per heavy atom. The molecule has 2 amide bonds. The number of carbonyl (C=O) groups excluding carboxylic acids is 2. The lowest BCUT2D eigenvalue weighted by Gasteiger charge is -2.39. The number of carbonyl (C=O) groups is 2. The zero-order chi connectivity index (χ0) is 29.9. The second-order valence-electron chi connectivity index (χ2n) is 11.4. The van der Waals surface area contributed by atoms with E-state index in [1.54, 1.807) is 24.4 Å². The molecule has 0 spiro atoms. The Bertz CT molecular complexity index is 1640. The van der Waals surface area contributed by atoms with Crippen molar-refractivity contribution in [3.8, 4) is 17.0 Å². The predicted molar refractivity (Wildman–Crippen MR) is 159 cm³/mol. The van der Waals surface area contributed by atoms with E-state index < -0.39 is 11.9 Å². The van der Waals surface area contributed by atoms with Gasteiger partial charge in [-0.05, 0) is 81.0 Å². The Morgan fingerprint density at radius 3 is 2.77 bits per heavy atom. The van der Waals surface area contributed by atoms with Crippen LogP contribution in [0.5, 0.6) is 5.75 Å². The van der Waals surface area contributed by atoms with Crippen molar-refractivity contribution in [2.24, 2.45) is 5.92 Å². The third kappa shape index (κ3) is 6.52. The number of ether oxygens (including phenoxy) is 1. The van der Waals surface area contributed by atoms with Crippen molar-refractivity contribution in [1.29, 1.82) is 0 Å². The number of fused-ring (bicyclic) bond motifs is 1. The minimum atomic E-state index is -0.551. The van der Waals surface area contributed by atoms with Gasteiger partial charge >= 0.3 is 0 Å². The van der Waals surface area contributed by atoms with E-state index in [2.05, 4.69) is 26.0 Å². The summed E-state index contributed by atoms with van der Waals surface area (Å²) in [6.07, 6.45) is 5.00. The molecule has 43 heavy (non-hydrogen) atoms. The zero-order valence-electron chi connectivity index (χ0n) is 24.2. The molecule has 1 aliphatic carbocycles. The van der Waals surface area contributed by atoms with Crippen molar-refractivity contribution in [2.75, 3.05) is 20.3 Å². The van der Waals surface area contributed by atoms with Crippen molar-refractivity contribution in [3.63, 3.8) is 0 Å². The molecule has 6 rings (SSSR count). The highest BCUT2D eigenvalue weighted by molar-refractivity contribution is 6.01. The first kappa shape index (κ1) is 28.8. The van der Waals surface area contributed by atoms with Gasteiger partial charge in [0.1, 0.15) is 17.3 Å². The number of aromatic nitrogens is 3. The Morgan fingerprint density at radius 2 is 1.98 bits per heavy atom. The van der Waals surface area contributed by atoms with Crippen LogP contribution in [0.2, 0.25) is 0 Å². The van der Waals surface area contributed by atoms with Crippen LogP contribution in [0.15, 0.2) is 54.7 Å². The summed E-state index contributed by atoms with van der Waals surface area (Å²) in [5, 5.41) is 11.5. The normalized spacial score (nSPS) is 18.9. The zero-order valence-corrected chi connectivity index (χ0v) is 24.2. The van der Waals surface area contributed by atoms with E-state index >= 15 is 0 Å². The summed E-state index contributed by atoms with van der Waals surface area (Å²) in [6, 6.07) is 13.1. The largest absolute Gasteiger partial charge is 0.496 e.